The van der Waals surface area contributed by atoms with E-state index >= 15 is 0 Å². The van der Waals surface area contributed by atoms with E-state index in [0.717, 1.165) is 6.26 Å². The fraction of sp³-hybridized carbons (Fsp3) is 0.167. The smallest absolute Gasteiger partial charge is 0.245 e. The zero-order valence-electron chi connectivity index (χ0n) is 14.0. The Hall–Kier alpha value is -3.06. The molecule has 1 aliphatic rings. The molecular formula is C18H13ClO7. The fourth-order valence-electron chi connectivity index (χ4n) is 2.65. The van der Waals surface area contributed by atoms with Gasteiger partial charge in [-0.1, -0.05) is 11.6 Å². The molecule has 7 nitrogen and oxygen atoms in total. The van der Waals surface area contributed by atoms with Gasteiger partial charge in [0.25, 0.3) is 0 Å². The summed E-state index contributed by atoms with van der Waals surface area (Å²) in [7, 11) is 4.27. The van der Waals surface area contributed by atoms with E-state index in [2.05, 4.69) is 0 Å². The van der Waals surface area contributed by atoms with Gasteiger partial charge in [0.05, 0.1) is 37.5 Å². The molecule has 26 heavy (non-hydrogen) atoms. The lowest BCUT2D eigenvalue weighted by molar-refractivity contribution is -0.111. The van der Waals surface area contributed by atoms with Crippen molar-refractivity contribution >= 4 is 35.0 Å². The van der Waals surface area contributed by atoms with E-state index in [1.165, 1.54) is 39.5 Å². The third kappa shape index (κ3) is 2.66. The topological polar surface area (TPSA) is 92.0 Å². The summed E-state index contributed by atoms with van der Waals surface area (Å²) in [6.07, 6.45) is 2.33. The van der Waals surface area contributed by atoms with E-state index in [1.54, 1.807) is 0 Å². The summed E-state index contributed by atoms with van der Waals surface area (Å²) >= 11 is 5.71. The first-order chi connectivity index (χ1) is 12.4. The second-order valence-corrected chi connectivity index (χ2v) is 5.69. The minimum atomic E-state index is -0.892. The molecule has 0 unspecified atom stereocenters. The first-order valence-corrected chi connectivity index (χ1v) is 7.73. The van der Waals surface area contributed by atoms with Crippen molar-refractivity contribution in [3.8, 4) is 17.2 Å². The van der Waals surface area contributed by atoms with E-state index in [9.17, 15) is 14.4 Å². The van der Waals surface area contributed by atoms with Crippen LogP contribution in [0.2, 0.25) is 0 Å². The van der Waals surface area contributed by atoms with Gasteiger partial charge in [-0.2, -0.15) is 0 Å². The van der Waals surface area contributed by atoms with Crippen molar-refractivity contribution in [3.63, 3.8) is 0 Å². The maximum Gasteiger partial charge on any atom is 0.245 e. The number of carbonyl (C=O) groups is 3. The van der Waals surface area contributed by atoms with Crippen LogP contribution in [0.5, 0.6) is 17.2 Å². The summed E-state index contributed by atoms with van der Waals surface area (Å²) in [6.45, 7) is 0. The van der Waals surface area contributed by atoms with Crippen LogP contribution >= 0.6 is 11.6 Å². The van der Waals surface area contributed by atoms with Crippen LogP contribution in [0.3, 0.4) is 0 Å². The summed E-state index contributed by atoms with van der Waals surface area (Å²) in [6, 6.07) is 2.89. The Kier molecular flexibility index (Phi) is 4.56. The summed E-state index contributed by atoms with van der Waals surface area (Å²) in [5.74, 6) is -1.38. The Bertz CT molecular complexity index is 943. The number of ketones is 3. The van der Waals surface area contributed by atoms with Crippen LogP contribution in [-0.2, 0) is 4.79 Å². The lowest BCUT2D eigenvalue weighted by Gasteiger charge is -2.13. The average molecular weight is 377 g/mol. The molecule has 1 aromatic carbocycles. The molecule has 3 rings (SSSR count). The highest BCUT2D eigenvalue weighted by Gasteiger charge is 2.34. The van der Waals surface area contributed by atoms with Gasteiger partial charge < -0.3 is 18.6 Å². The van der Waals surface area contributed by atoms with E-state index in [4.69, 9.17) is 30.2 Å². The molecule has 0 radical (unpaired) electrons. The molecule has 2 aromatic rings. The minimum absolute atomic E-state index is 0.0481. The lowest BCUT2D eigenvalue weighted by Crippen LogP contribution is -2.21. The predicted molar refractivity (Wildman–Crippen MR) is 91.4 cm³/mol. The number of hydrogen-bond acceptors (Lipinski definition) is 7. The molecule has 0 amide bonds. The third-order valence-corrected chi connectivity index (χ3v) is 4.18. The molecule has 1 heterocycles. The van der Waals surface area contributed by atoms with Crippen LogP contribution < -0.4 is 14.2 Å². The van der Waals surface area contributed by atoms with E-state index in [1.807, 2.05) is 0 Å². The number of allylic oxidation sites excluding steroid dienone is 1. The number of carbonyl (C=O) groups excluding carboxylic acids is 3. The van der Waals surface area contributed by atoms with Crippen molar-refractivity contribution in [3.05, 3.63) is 45.9 Å². The van der Waals surface area contributed by atoms with Crippen LogP contribution in [0.1, 0.15) is 32.0 Å². The molecule has 134 valence electrons. The summed E-state index contributed by atoms with van der Waals surface area (Å²) in [5.41, 5.74) is 0.00944. The normalized spacial score (nSPS) is 13.2. The van der Waals surface area contributed by atoms with Gasteiger partial charge in [0.1, 0.15) is 12.0 Å². The number of rotatable bonds is 5. The Morgan fingerprint density at radius 2 is 1.62 bits per heavy atom. The van der Waals surface area contributed by atoms with Crippen molar-refractivity contribution < 1.29 is 33.0 Å². The second kappa shape index (κ2) is 6.68. The van der Waals surface area contributed by atoms with Crippen molar-refractivity contribution in [1.82, 2.24) is 0 Å². The minimum Gasteiger partial charge on any atom is -0.493 e. The Morgan fingerprint density at radius 1 is 1.00 bits per heavy atom. The van der Waals surface area contributed by atoms with Gasteiger partial charge in [-0.15, -0.1) is 0 Å². The van der Waals surface area contributed by atoms with Crippen LogP contribution in [0.25, 0.3) is 6.08 Å². The van der Waals surface area contributed by atoms with Crippen LogP contribution in [0, 0.1) is 0 Å². The monoisotopic (exact) mass is 376 g/mol. The first kappa shape index (κ1) is 17.8. The van der Waals surface area contributed by atoms with Crippen molar-refractivity contribution in [1.29, 1.82) is 0 Å². The van der Waals surface area contributed by atoms with E-state index in [0.29, 0.717) is 5.75 Å². The molecule has 0 fully saturated rings. The maximum absolute atomic E-state index is 12.9. The quantitative estimate of drug-likeness (QED) is 0.585. The highest BCUT2D eigenvalue weighted by Crippen LogP contribution is 2.39. The molecule has 1 aromatic heterocycles. The van der Waals surface area contributed by atoms with Gasteiger partial charge in [-0.05, 0) is 12.1 Å². The number of Topliss-reactive ketones (excluding diaryl/α,β-unsaturated/α-hetero) is 2. The molecule has 1 aliphatic carbocycles. The molecule has 0 N–H and O–H groups in total. The zero-order chi connectivity index (χ0) is 19.0. The Labute approximate surface area is 153 Å². The summed E-state index contributed by atoms with van der Waals surface area (Å²) in [4.78, 5) is 37.0. The van der Waals surface area contributed by atoms with Gasteiger partial charge >= 0.3 is 0 Å². The molecule has 8 heteroatoms. The van der Waals surface area contributed by atoms with Gasteiger partial charge in [-0.25, -0.2) is 0 Å². The van der Waals surface area contributed by atoms with Gasteiger partial charge in [0.15, 0.2) is 17.3 Å². The van der Waals surface area contributed by atoms with Gasteiger partial charge in [0, 0.05) is 11.6 Å². The number of methoxy groups -OCH3 is 3. The Balaban J connectivity index is 2.13. The highest BCUT2D eigenvalue weighted by molar-refractivity contribution is 6.64. The first-order valence-electron chi connectivity index (χ1n) is 7.35. The third-order valence-electron chi connectivity index (χ3n) is 3.90. The summed E-state index contributed by atoms with van der Waals surface area (Å²) in [5, 5.41) is -0.261. The van der Waals surface area contributed by atoms with Gasteiger partial charge in [-0.3, -0.25) is 14.4 Å². The van der Waals surface area contributed by atoms with E-state index in [-0.39, 0.29) is 39.0 Å². The van der Waals surface area contributed by atoms with Crippen molar-refractivity contribution in [2.45, 2.75) is 0 Å². The number of fused-ring (bicyclic) bond motifs is 1. The van der Waals surface area contributed by atoms with Crippen molar-refractivity contribution in [2.75, 3.05) is 21.3 Å². The largest absolute Gasteiger partial charge is 0.493 e. The highest BCUT2D eigenvalue weighted by atomic mass is 35.5. The van der Waals surface area contributed by atoms with Crippen LogP contribution in [0.15, 0.2) is 27.8 Å². The fourth-order valence-corrected chi connectivity index (χ4v) is 2.84. The van der Waals surface area contributed by atoms with Gasteiger partial charge in [0.2, 0.25) is 17.3 Å². The predicted octanol–water partition coefficient (Wildman–Crippen LogP) is 2.88. The SMILES string of the molecule is COc1cc(C(=O)c2coc3c2C(=O)C(=O)C(Cl)=C3)cc(OC)c1OC. The average Bonchev–Trinajstić information content (AvgIpc) is 3.07. The zero-order valence-corrected chi connectivity index (χ0v) is 14.8. The molecule has 0 aliphatic heterocycles. The maximum atomic E-state index is 12.9. The number of benzene rings is 1. The van der Waals surface area contributed by atoms with Crippen molar-refractivity contribution in [2.24, 2.45) is 0 Å². The molecule has 0 saturated heterocycles. The molecule has 0 atom stereocenters. The standard InChI is InChI=1S/C18H13ClO7/c1-23-12-4-8(5-13(24-2)18(12)25-3)15(20)9-7-26-11-6-10(19)16(21)17(22)14(9)11/h4-7H,1-3H3. The number of hydrogen-bond donors (Lipinski definition) is 0. The number of halogens is 1. The number of furan rings is 1. The number of ether oxygens (including phenoxy) is 3. The molecule has 0 saturated carbocycles. The Morgan fingerprint density at radius 3 is 2.15 bits per heavy atom. The lowest BCUT2D eigenvalue weighted by atomic mass is 9.93. The molecule has 0 spiro atoms. The van der Waals surface area contributed by atoms with Crippen LogP contribution in [0.4, 0.5) is 0 Å². The summed E-state index contributed by atoms with van der Waals surface area (Å²) < 4.78 is 20.9. The second-order valence-electron chi connectivity index (χ2n) is 5.28. The molecule has 0 bridgehead atoms. The van der Waals surface area contributed by atoms with E-state index < -0.39 is 17.3 Å². The molecular weight excluding hydrogens is 364 g/mol. The van der Waals surface area contributed by atoms with Crippen LogP contribution in [-0.4, -0.2) is 38.7 Å².